The van der Waals surface area contributed by atoms with Crippen LogP contribution < -0.4 is 39.9 Å². The van der Waals surface area contributed by atoms with Crippen molar-refractivity contribution in [3.05, 3.63) is 91.0 Å². The predicted molar refractivity (Wildman–Crippen MR) is 105 cm³/mol. The van der Waals surface area contributed by atoms with Crippen LogP contribution in [-0.4, -0.2) is 6.16 Å². The maximum absolute atomic E-state index is 2.34. The molecule has 0 bridgehead atoms. The van der Waals surface area contributed by atoms with E-state index in [1.807, 2.05) is 0 Å². The molecule has 3 aromatic carbocycles. The molecule has 0 atom stereocenters. The van der Waals surface area contributed by atoms with Gasteiger partial charge in [-0.1, -0.05) is 68.4 Å². The summed E-state index contributed by atoms with van der Waals surface area (Å²) in [5.41, 5.74) is 0. The monoisotopic (exact) mass is 446 g/mol. The lowest BCUT2D eigenvalue weighted by Crippen LogP contribution is -3.00. The fraction of sp³-hybridized carbons (Fsp3) is 0.182. The molecule has 0 aromatic heterocycles. The van der Waals surface area contributed by atoms with Gasteiger partial charge in [-0.25, -0.2) is 0 Å². The first-order valence-corrected chi connectivity index (χ1v) is 10.3. The van der Waals surface area contributed by atoms with Crippen LogP contribution in [0.5, 0.6) is 0 Å². The van der Waals surface area contributed by atoms with Gasteiger partial charge in [0.05, 0.1) is 6.16 Å². The van der Waals surface area contributed by atoms with Crippen LogP contribution in [0.1, 0.15) is 13.8 Å². The summed E-state index contributed by atoms with van der Waals surface area (Å²) in [6, 6.07) is 33.3. The van der Waals surface area contributed by atoms with Gasteiger partial charge in [0.15, 0.2) is 0 Å². The molecular weight excluding hydrogens is 422 g/mol. The van der Waals surface area contributed by atoms with Crippen molar-refractivity contribution in [1.82, 2.24) is 0 Å². The van der Waals surface area contributed by atoms with Crippen LogP contribution in [0.3, 0.4) is 0 Å². The summed E-state index contributed by atoms with van der Waals surface area (Å²) in [6.45, 7) is 4.67. The average molecular weight is 446 g/mol. The van der Waals surface area contributed by atoms with Gasteiger partial charge in [0.25, 0.3) is 0 Å². The molecule has 0 radical (unpaired) electrons. The topological polar surface area (TPSA) is 0 Å². The highest BCUT2D eigenvalue weighted by Gasteiger charge is 2.45. The molecule has 0 N–H and O–H groups in total. The van der Waals surface area contributed by atoms with E-state index < -0.39 is 7.26 Å². The summed E-state index contributed by atoms with van der Waals surface area (Å²) < 4.78 is 0. The SMILES string of the molecule is CC(C)C[P+](c1ccccc1)(c1ccccc1)c1ccccc1.[I-]. The summed E-state index contributed by atoms with van der Waals surface area (Å²) in [6.07, 6.45) is 1.20. The number of rotatable bonds is 5. The molecule has 0 aliphatic carbocycles. The normalized spacial score (nSPS) is 11.1. The van der Waals surface area contributed by atoms with E-state index in [1.54, 1.807) is 0 Å². The lowest BCUT2D eigenvalue weighted by atomic mass is 10.3. The highest BCUT2D eigenvalue weighted by atomic mass is 127. The molecule has 0 aliphatic rings. The summed E-state index contributed by atoms with van der Waals surface area (Å²) >= 11 is 0. The van der Waals surface area contributed by atoms with Gasteiger partial charge in [-0.3, -0.25) is 0 Å². The Hall–Kier alpha value is -1.18. The summed E-state index contributed by atoms with van der Waals surface area (Å²) in [7, 11) is -1.61. The van der Waals surface area contributed by atoms with Crippen LogP contribution in [0.15, 0.2) is 91.0 Å². The highest BCUT2D eigenvalue weighted by Crippen LogP contribution is 2.56. The smallest absolute Gasteiger partial charge is 0.112 e. The van der Waals surface area contributed by atoms with Crippen molar-refractivity contribution in [1.29, 1.82) is 0 Å². The Morgan fingerprint density at radius 2 is 0.875 bits per heavy atom. The second-order valence-electron chi connectivity index (χ2n) is 6.39. The maximum Gasteiger partial charge on any atom is 0.112 e. The van der Waals surface area contributed by atoms with Crippen LogP contribution in [-0.2, 0) is 0 Å². The lowest BCUT2D eigenvalue weighted by Gasteiger charge is -2.29. The number of hydrogen-bond acceptors (Lipinski definition) is 0. The van der Waals surface area contributed by atoms with Crippen molar-refractivity contribution in [3.8, 4) is 0 Å². The van der Waals surface area contributed by atoms with Gasteiger partial charge >= 0.3 is 0 Å². The molecular formula is C22H24IP. The van der Waals surface area contributed by atoms with Crippen LogP contribution in [0.25, 0.3) is 0 Å². The number of benzene rings is 3. The largest absolute Gasteiger partial charge is 1.00 e. The van der Waals surface area contributed by atoms with E-state index in [4.69, 9.17) is 0 Å². The Balaban J connectivity index is 0.00000208. The number of hydrogen-bond donors (Lipinski definition) is 0. The van der Waals surface area contributed by atoms with E-state index in [1.165, 1.54) is 22.1 Å². The quantitative estimate of drug-likeness (QED) is 0.413. The Morgan fingerprint density at radius 1 is 0.583 bits per heavy atom. The zero-order valence-electron chi connectivity index (χ0n) is 14.3. The van der Waals surface area contributed by atoms with Gasteiger partial charge in [0.2, 0.25) is 0 Å². The zero-order valence-corrected chi connectivity index (χ0v) is 17.3. The van der Waals surface area contributed by atoms with Crippen molar-refractivity contribution in [2.45, 2.75) is 13.8 Å². The standard InChI is InChI=1S/C22H24P.HI/c1-19(2)18-23(20-12-6-3-7-13-20,21-14-8-4-9-15-21)22-16-10-5-11-17-22;/h3-17,19H,18H2,1-2H3;1H/q+1;/p-1. The molecule has 0 heterocycles. The molecule has 3 rings (SSSR count). The third-order valence-electron chi connectivity index (χ3n) is 4.23. The molecule has 0 saturated heterocycles. The maximum atomic E-state index is 2.34. The third-order valence-corrected chi connectivity index (χ3v) is 9.05. The first kappa shape index (κ1) is 19.1. The van der Waals surface area contributed by atoms with Crippen molar-refractivity contribution in [3.63, 3.8) is 0 Å². The van der Waals surface area contributed by atoms with Crippen LogP contribution in [0.2, 0.25) is 0 Å². The van der Waals surface area contributed by atoms with Crippen molar-refractivity contribution in [2.24, 2.45) is 5.92 Å². The second kappa shape index (κ2) is 8.78. The van der Waals surface area contributed by atoms with Gasteiger partial charge in [-0.05, 0) is 42.3 Å². The minimum atomic E-state index is -1.61. The van der Waals surface area contributed by atoms with Gasteiger partial charge < -0.3 is 24.0 Å². The molecule has 124 valence electrons. The summed E-state index contributed by atoms with van der Waals surface area (Å²) in [5.74, 6) is 0.643. The fourth-order valence-corrected chi connectivity index (χ4v) is 8.02. The fourth-order valence-electron chi connectivity index (χ4n) is 3.36. The summed E-state index contributed by atoms with van der Waals surface area (Å²) in [5, 5.41) is 4.43. The van der Waals surface area contributed by atoms with Gasteiger partial charge in [-0.15, -0.1) is 0 Å². The van der Waals surface area contributed by atoms with Crippen molar-refractivity contribution < 1.29 is 24.0 Å². The minimum absolute atomic E-state index is 0. The second-order valence-corrected chi connectivity index (χ2v) is 9.93. The Bertz CT molecular complexity index is 627. The van der Waals surface area contributed by atoms with E-state index in [9.17, 15) is 0 Å². The zero-order chi connectivity index (χ0) is 16.1. The molecule has 0 amide bonds. The van der Waals surface area contributed by atoms with Crippen LogP contribution in [0, 0.1) is 5.92 Å². The van der Waals surface area contributed by atoms with Crippen molar-refractivity contribution in [2.75, 3.05) is 6.16 Å². The van der Waals surface area contributed by atoms with Crippen LogP contribution >= 0.6 is 7.26 Å². The molecule has 2 heteroatoms. The molecule has 0 unspecified atom stereocenters. The van der Waals surface area contributed by atoms with Crippen molar-refractivity contribution >= 4 is 23.2 Å². The van der Waals surface area contributed by atoms with E-state index in [2.05, 4.69) is 105 Å². The lowest BCUT2D eigenvalue weighted by molar-refractivity contribution is -0.00000471. The molecule has 24 heavy (non-hydrogen) atoms. The molecule has 0 aliphatic heterocycles. The van der Waals surface area contributed by atoms with Crippen LogP contribution in [0.4, 0.5) is 0 Å². The van der Waals surface area contributed by atoms with E-state index >= 15 is 0 Å². The molecule has 3 aromatic rings. The van der Waals surface area contributed by atoms with E-state index in [0.29, 0.717) is 5.92 Å². The van der Waals surface area contributed by atoms with E-state index in [0.717, 1.165) is 0 Å². The summed E-state index contributed by atoms with van der Waals surface area (Å²) in [4.78, 5) is 0. The van der Waals surface area contributed by atoms with Gasteiger partial charge in [0, 0.05) is 0 Å². The van der Waals surface area contributed by atoms with E-state index in [-0.39, 0.29) is 24.0 Å². The third kappa shape index (κ3) is 3.90. The average Bonchev–Trinajstić information content (AvgIpc) is 2.62. The molecule has 0 spiro atoms. The Labute approximate surface area is 163 Å². The molecule has 0 saturated carbocycles. The Kier molecular flexibility index (Phi) is 7.01. The highest BCUT2D eigenvalue weighted by molar-refractivity contribution is 7.95. The minimum Gasteiger partial charge on any atom is -1.00 e. The Morgan fingerprint density at radius 3 is 1.12 bits per heavy atom. The number of halogens is 1. The first-order valence-electron chi connectivity index (χ1n) is 8.28. The molecule has 0 fully saturated rings. The van der Waals surface area contributed by atoms with Gasteiger partial charge in [0.1, 0.15) is 23.2 Å². The van der Waals surface area contributed by atoms with Gasteiger partial charge in [-0.2, -0.15) is 0 Å². The first-order chi connectivity index (χ1) is 11.2. The predicted octanol–water partition coefficient (Wildman–Crippen LogP) is 1.64. The molecule has 0 nitrogen and oxygen atoms in total.